The predicted molar refractivity (Wildman–Crippen MR) is 106 cm³/mol. The maximum Gasteiger partial charge on any atom is 0.319 e. The van der Waals surface area contributed by atoms with E-state index in [0.717, 1.165) is 6.42 Å². The van der Waals surface area contributed by atoms with Crippen molar-refractivity contribution in [1.29, 1.82) is 0 Å². The molecular weight excluding hydrogens is 393 g/mol. The molecule has 0 aliphatic carbocycles. The minimum absolute atomic E-state index is 0. The van der Waals surface area contributed by atoms with Gasteiger partial charge in [0, 0.05) is 19.5 Å². The van der Waals surface area contributed by atoms with E-state index in [1.54, 1.807) is 0 Å². The van der Waals surface area contributed by atoms with E-state index in [1.165, 1.54) is 96.3 Å². The summed E-state index contributed by atoms with van der Waals surface area (Å²) in [6.45, 7) is 2.37. The van der Waals surface area contributed by atoms with Gasteiger partial charge in [-0.15, -0.1) is 0 Å². The molecule has 0 bridgehead atoms. The quantitative estimate of drug-likeness (QED) is 0.123. The summed E-state index contributed by atoms with van der Waals surface area (Å²) in [5, 5.41) is 0. The molecule has 0 amide bonds. The van der Waals surface area contributed by atoms with Crippen molar-refractivity contribution in [3.05, 3.63) is 6.92 Å². The molecule has 0 rings (SSSR count). The first-order valence-corrected chi connectivity index (χ1v) is 12.2. The van der Waals surface area contributed by atoms with Crippen LogP contribution in [0.25, 0.3) is 0 Å². The molecular formula is C18H40O3PSZn-. The molecule has 144 valence electrons. The molecule has 0 radical (unpaired) electrons. The van der Waals surface area contributed by atoms with Crippen LogP contribution in [0.5, 0.6) is 0 Å². The van der Waals surface area contributed by atoms with Crippen molar-refractivity contribution in [2.45, 2.75) is 110 Å². The van der Waals surface area contributed by atoms with E-state index in [2.05, 4.69) is 25.7 Å². The standard InChI is InChI=1S/C18H37.H3O3PS.Zn/c1-3-5-7-9-11-13-15-17-18-16-14-12-10-8-6-4-2;1-4(2,3)5;/h1,3-18H2,2H3;(H3,1,2,3,5);/q-1;;. The first-order valence-electron chi connectivity index (χ1n) is 9.49. The normalized spacial score (nSPS) is 10.7. The van der Waals surface area contributed by atoms with E-state index in [-0.39, 0.29) is 19.5 Å². The maximum atomic E-state index is 7.56. The average Bonchev–Trinajstić information content (AvgIpc) is 2.46. The van der Waals surface area contributed by atoms with Crippen molar-refractivity contribution in [2.24, 2.45) is 0 Å². The summed E-state index contributed by atoms with van der Waals surface area (Å²) in [6, 6.07) is 0. The molecule has 0 saturated heterocycles. The van der Waals surface area contributed by atoms with E-state index >= 15 is 0 Å². The SMILES string of the molecule is OP(O)(O)=S.[CH2-]CCCCCCCCCCCCCCCCC.[Zn]. The van der Waals surface area contributed by atoms with Crippen LogP contribution in [0.15, 0.2) is 0 Å². The van der Waals surface area contributed by atoms with Crippen molar-refractivity contribution < 1.29 is 34.2 Å². The van der Waals surface area contributed by atoms with Crippen LogP contribution in [0.3, 0.4) is 0 Å². The van der Waals surface area contributed by atoms with Crippen LogP contribution >= 0.6 is 6.72 Å². The Hall–Kier alpha value is 1.15. The zero-order valence-corrected chi connectivity index (χ0v) is 20.6. The zero-order valence-electron chi connectivity index (χ0n) is 15.9. The van der Waals surface area contributed by atoms with E-state index in [9.17, 15) is 0 Å². The fourth-order valence-electron chi connectivity index (χ4n) is 2.55. The van der Waals surface area contributed by atoms with Gasteiger partial charge in [0.15, 0.2) is 0 Å². The summed E-state index contributed by atoms with van der Waals surface area (Å²) < 4.78 is 0. The fraction of sp³-hybridized carbons (Fsp3) is 0.944. The minimum Gasteiger partial charge on any atom is -0.343 e. The van der Waals surface area contributed by atoms with Crippen molar-refractivity contribution in [2.75, 3.05) is 0 Å². The van der Waals surface area contributed by atoms with E-state index < -0.39 is 6.72 Å². The van der Waals surface area contributed by atoms with Crippen LogP contribution < -0.4 is 0 Å². The van der Waals surface area contributed by atoms with E-state index in [4.69, 9.17) is 14.7 Å². The molecule has 0 atom stereocenters. The predicted octanol–water partition coefficient (Wildman–Crippen LogP) is 6.27. The van der Waals surface area contributed by atoms with Gasteiger partial charge in [0.1, 0.15) is 0 Å². The Bertz CT molecular complexity index is 238. The Morgan fingerprint density at radius 2 is 0.833 bits per heavy atom. The van der Waals surface area contributed by atoms with Gasteiger partial charge >= 0.3 is 6.72 Å². The first-order chi connectivity index (χ1) is 10.9. The average molecular weight is 433 g/mol. The Morgan fingerprint density at radius 3 is 1.04 bits per heavy atom. The Kier molecular flexibility index (Phi) is 30.1. The van der Waals surface area contributed by atoms with Gasteiger partial charge in [-0.05, 0) is 11.8 Å². The van der Waals surface area contributed by atoms with Gasteiger partial charge in [0.2, 0.25) is 0 Å². The molecule has 0 aliphatic heterocycles. The van der Waals surface area contributed by atoms with Gasteiger partial charge in [-0.3, -0.25) is 0 Å². The van der Waals surface area contributed by atoms with Gasteiger partial charge in [-0.25, -0.2) is 0 Å². The fourth-order valence-corrected chi connectivity index (χ4v) is 2.55. The second kappa shape index (κ2) is 24.2. The first kappa shape index (κ1) is 29.9. The molecule has 3 N–H and O–H groups in total. The monoisotopic (exact) mass is 431 g/mol. The molecule has 0 unspecified atom stereocenters. The third-order valence-electron chi connectivity index (χ3n) is 3.85. The Balaban J connectivity index is -0.000000639. The molecule has 0 heterocycles. The third kappa shape index (κ3) is 43.5. The van der Waals surface area contributed by atoms with Gasteiger partial charge < -0.3 is 21.6 Å². The minimum atomic E-state index is -3.81. The number of rotatable bonds is 15. The number of unbranched alkanes of at least 4 members (excludes halogenated alkanes) is 15. The topological polar surface area (TPSA) is 60.7 Å². The summed E-state index contributed by atoms with van der Waals surface area (Å²) in [7, 11) is 0. The van der Waals surface area contributed by atoms with Crippen LogP contribution in [0.1, 0.15) is 110 Å². The van der Waals surface area contributed by atoms with Crippen molar-refractivity contribution in [1.82, 2.24) is 0 Å². The molecule has 0 aliphatic rings. The molecule has 6 heteroatoms. The second-order valence-corrected chi connectivity index (χ2v) is 8.81. The summed E-state index contributed by atoms with van der Waals surface area (Å²) in [4.78, 5) is 22.7. The van der Waals surface area contributed by atoms with Gasteiger partial charge in [0.05, 0.1) is 0 Å². The van der Waals surface area contributed by atoms with Crippen molar-refractivity contribution in [3.8, 4) is 0 Å². The van der Waals surface area contributed by atoms with Gasteiger partial charge in [-0.1, -0.05) is 103 Å². The van der Waals surface area contributed by atoms with Crippen LogP contribution in [-0.4, -0.2) is 14.7 Å². The largest absolute Gasteiger partial charge is 0.343 e. The summed E-state index contributed by atoms with van der Waals surface area (Å²) in [5.41, 5.74) is 0. The van der Waals surface area contributed by atoms with Crippen LogP contribution in [0.4, 0.5) is 0 Å². The van der Waals surface area contributed by atoms with Crippen LogP contribution in [-0.2, 0) is 31.3 Å². The molecule has 0 spiro atoms. The molecule has 0 aromatic rings. The summed E-state index contributed by atoms with van der Waals surface area (Å²) >= 11 is 3.60. The number of hydrogen-bond donors (Lipinski definition) is 3. The van der Waals surface area contributed by atoms with E-state index in [1.807, 2.05) is 0 Å². The molecule has 3 nitrogen and oxygen atoms in total. The third-order valence-corrected chi connectivity index (χ3v) is 3.85. The maximum absolute atomic E-state index is 7.56. The van der Waals surface area contributed by atoms with Crippen molar-refractivity contribution in [3.63, 3.8) is 0 Å². The van der Waals surface area contributed by atoms with Crippen LogP contribution in [0.2, 0.25) is 0 Å². The van der Waals surface area contributed by atoms with Crippen LogP contribution in [0, 0.1) is 6.92 Å². The summed E-state index contributed by atoms with van der Waals surface area (Å²) in [6.07, 6.45) is 22.8. The Labute approximate surface area is 169 Å². The molecule has 24 heavy (non-hydrogen) atoms. The van der Waals surface area contributed by atoms with E-state index in [0.29, 0.717) is 0 Å². The summed E-state index contributed by atoms with van der Waals surface area (Å²) in [5.74, 6) is 0. The number of hydrogen-bond acceptors (Lipinski definition) is 1. The van der Waals surface area contributed by atoms with Gasteiger partial charge in [-0.2, -0.15) is 6.42 Å². The second-order valence-electron chi connectivity index (χ2n) is 6.32. The van der Waals surface area contributed by atoms with Gasteiger partial charge in [0.25, 0.3) is 0 Å². The Morgan fingerprint density at radius 1 is 0.625 bits per heavy atom. The molecule has 0 aromatic carbocycles. The smallest absolute Gasteiger partial charge is 0.319 e. The van der Waals surface area contributed by atoms with Crippen molar-refractivity contribution >= 4 is 18.5 Å². The molecule has 0 saturated carbocycles. The molecule has 0 fully saturated rings. The molecule has 0 aromatic heterocycles. The zero-order chi connectivity index (χ0) is 17.8.